The highest BCUT2D eigenvalue weighted by atomic mass is 79.9. The zero-order valence-electron chi connectivity index (χ0n) is 12.4. The minimum atomic E-state index is -0.739. The SMILES string of the molecule is CNC(C)(C#N)CC(C)Oc1c(C)cc(Br)cc1[N+](=O)[O-]. The molecular weight excluding hydrogens is 338 g/mol. The van der Waals surface area contributed by atoms with Gasteiger partial charge in [-0.3, -0.25) is 10.1 Å². The van der Waals surface area contributed by atoms with Gasteiger partial charge < -0.3 is 10.1 Å². The van der Waals surface area contributed by atoms with E-state index in [2.05, 4.69) is 27.3 Å². The maximum absolute atomic E-state index is 11.1. The molecule has 0 fully saturated rings. The van der Waals surface area contributed by atoms with Gasteiger partial charge in [-0.25, -0.2) is 0 Å². The second-order valence-electron chi connectivity index (χ2n) is 5.15. The molecule has 1 aromatic carbocycles. The van der Waals surface area contributed by atoms with Crippen LogP contribution in [0.5, 0.6) is 5.75 Å². The van der Waals surface area contributed by atoms with Gasteiger partial charge >= 0.3 is 5.69 Å². The Bertz CT molecular complexity index is 586. The lowest BCUT2D eigenvalue weighted by Crippen LogP contribution is -2.41. The molecule has 0 aliphatic carbocycles. The highest BCUT2D eigenvalue weighted by molar-refractivity contribution is 9.10. The zero-order chi connectivity index (χ0) is 16.2. The van der Waals surface area contributed by atoms with E-state index in [0.29, 0.717) is 16.5 Å². The fraction of sp³-hybridized carbons (Fsp3) is 0.500. The molecule has 1 aromatic rings. The molecule has 0 radical (unpaired) electrons. The van der Waals surface area contributed by atoms with Gasteiger partial charge in [-0.15, -0.1) is 0 Å². The third-order valence-corrected chi connectivity index (χ3v) is 3.69. The Kier molecular flexibility index (Phi) is 5.70. The summed E-state index contributed by atoms with van der Waals surface area (Å²) in [7, 11) is 1.70. The number of nitro benzene ring substituents is 1. The van der Waals surface area contributed by atoms with Crippen molar-refractivity contribution < 1.29 is 9.66 Å². The predicted molar refractivity (Wildman–Crippen MR) is 83.3 cm³/mol. The van der Waals surface area contributed by atoms with Crippen molar-refractivity contribution in [2.24, 2.45) is 0 Å². The summed E-state index contributed by atoms with van der Waals surface area (Å²) in [5.41, 5.74) is -0.153. The number of halogens is 1. The summed E-state index contributed by atoms with van der Waals surface area (Å²) in [6.45, 7) is 5.30. The second kappa shape index (κ2) is 6.87. The molecular formula is C14H18BrN3O3. The summed E-state index contributed by atoms with van der Waals surface area (Å²) in [5.74, 6) is 0.243. The molecule has 0 bridgehead atoms. The van der Waals surface area contributed by atoms with E-state index in [1.165, 1.54) is 6.07 Å². The molecule has 6 nitrogen and oxygen atoms in total. The van der Waals surface area contributed by atoms with E-state index in [1.807, 2.05) is 0 Å². The molecule has 7 heteroatoms. The number of nitriles is 1. The highest BCUT2D eigenvalue weighted by Crippen LogP contribution is 2.35. The number of aryl methyl sites for hydroxylation is 1. The van der Waals surface area contributed by atoms with Crippen LogP contribution in [-0.4, -0.2) is 23.6 Å². The standard InChI is InChI=1S/C14H18BrN3O3/c1-9-5-11(15)6-12(18(19)20)13(9)21-10(2)7-14(3,8-16)17-4/h5-6,10,17H,7H2,1-4H3. The lowest BCUT2D eigenvalue weighted by molar-refractivity contribution is -0.386. The Hall–Kier alpha value is -1.65. The van der Waals surface area contributed by atoms with Crippen molar-refractivity contribution in [1.29, 1.82) is 5.26 Å². The van der Waals surface area contributed by atoms with E-state index in [-0.39, 0.29) is 17.5 Å². The van der Waals surface area contributed by atoms with Gasteiger partial charge in [-0.05, 0) is 39.4 Å². The molecule has 0 saturated heterocycles. The molecule has 0 aromatic heterocycles. The van der Waals surface area contributed by atoms with Crippen LogP contribution in [0.15, 0.2) is 16.6 Å². The van der Waals surface area contributed by atoms with E-state index < -0.39 is 10.5 Å². The van der Waals surface area contributed by atoms with Crippen molar-refractivity contribution in [3.63, 3.8) is 0 Å². The second-order valence-corrected chi connectivity index (χ2v) is 6.07. The summed E-state index contributed by atoms with van der Waals surface area (Å²) >= 11 is 3.24. The molecule has 21 heavy (non-hydrogen) atoms. The monoisotopic (exact) mass is 355 g/mol. The van der Waals surface area contributed by atoms with Crippen LogP contribution >= 0.6 is 15.9 Å². The number of nitro groups is 1. The fourth-order valence-corrected chi connectivity index (χ4v) is 2.58. The Morgan fingerprint density at radius 2 is 2.24 bits per heavy atom. The average molecular weight is 356 g/mol. The fourth-order valence-electron chi connectivity index (χ4n) is 2.02. The summed E-state index contributed by atoms with van der Waals surface area (Å²) in [4.78, 5) is 10.7. The summed E-state index contributed by atoms with van der Waals surface area (Å²) < 4.78 is 6.37. The number of rotatable bonds is 6. The minimum absolute atomic E-state index is 0.0863. The van der Waals surface area contributed by atoms with Gasteiger partial charge in [0.15, 0.2) is 5.75 Å². The predicted octanol–water partition coefficient (Wildman–Crippen LogP) is 3.32. The minimum Gasteiger partial charge on any atom is -0.483 e. The van der Waals surface area contributed by atoms with E-state index in [1.54, 1.807) is 33.9 Å². The molecule has 0 saturated carbocycles. The Labute approximate surface area is 132 Å². The van der Waals surface area contributed by atoms with Gasteiger partial charge in [-0.2, -0.15) is 5.26 Å². The molecule has 0 aliphatic rings. The van der Waals surface area contributed by atoms with Crippen LogP contribution in [0.25, 0.3) is 0 Å². The maximum atomic E-state index is 11.1. The van der Waals surface area contributed by atoms with E-state index in [0.717, 1.165) is 0 Å². The first-order valence-electron chi connectivity index (χ1n) is 6.44. The van der Waals surface area contributed by atoms with Crippen molar-refractivity contribution in [3.8, 4) is 11.8 Å². The Morgan fingerprint density at radius 3 is 2.71 bits per heavy atom. The number of nitrogens with one attached hydrogen (secondary N) is 1. The third-order valence-electron chi connectivity index (χ3n) is 3.23. The average Bonchev–Trinajstić information content (AvgIpc) is 2.41. The van der Waals surface area contributed by atoms with Crippen LogP contribution < -0.4 is 10.1 Å². The van der Waals surface area contributed by atoms with Gasteiger partial charge in [0.25, 0.3) is 0 Å². The van der Waals surface area contributed by atoms with Crippen molar-refractivity contribution in [1.82, 2.24) is 5.32 Å². The van der Waals surface area contributed by atoms with Crippen molar-refractivity contribution >= 4 is 21.6 Å². The first-order valence-corrected chi connectivity index (χ1v) is 7.23. The van der Waals surface area contributed by atoms with Crippen LogP contribution in [0.3, 0.4) is 0 Å². The number of nitrogens with zero attached hydrogens (tertiary/aromatic N) is 2. The van der Waals surface area contributed by atoms with Crippen LogP contribution in [-0.2, 0) is 0 Å². The number of hydrogen-bond acceptors (Lipinski definition) is 5. The first kappa shape index (κ1) is 17.4. The molecule has 2 atom stereocenters. The third kappa shape index (κ3) is 4.41. The number of hydrogen-bond donors (Lipinski definition) is 1. The van der Waals surface area contributed by atoms with Gasteiger partial charge in [0.1, 0.15) is 5.54 Å². The molecule has 0 amide bonds. The highest BCUT2D eigenvalue weighted by Gasteiger charge is 2.27. The normalized spacial score (nSPS) is 14.9. The smallest absolute Gasteiger partial charge is 0.312 e. The molecule has 1 rings (SSSR count). The van der Waals surface area contributed by atoms with E-state index in [9.17, 15) is 10.1 Å². The van der Waals surface area contributed by atoms with Crippen molar-refractivity contribution in [3.05, 3.63) is 32.3 Å². The molecule has 0 spiro atoms. The summed E-state index contributed by atoms with van der Waals surface area (Å²) in [6.07, 6.45) is 0.0628. The lowest BCUT2D eigenvalue weighted by Gasteiger charge is -2.25. The zero-order valence-corrected chi connectivity index (χ0v) is 14.0. The largest absolute Gasteiger partial charge is 0.483 e. The van der Waals surface area contributed by atoms with Gasteiger partial charge in [0, 0.05) is 17.0 Å². The van der Waals surface area contributed by atoms with Crippen LogP contribution in [0.2, 0.25) is 0 Å². The molecule has 2 unspecified atom stereocenters. The molecule has 1 N–H and O–H groups in total. The van der Waals surface area contributed by atoms with E-state index in [4.69, 9.17) is 10.00 Å². The molecule has 114 valence electrons. The quantitative estimate of drug-likeness (QED) is 0.624. The summed E-state index contributed by atoms with van der Waals surface area (Å²) in [6, 6.07) is 5.35. The molecule has 0 heterocycles. The maximum Gasteiger partial charge on any atom is 0.312 e. The van der Waals surface area contributed by atoms with Crippen LogP contribution in [0.4, 0.5) is 5.69 Å². The van der Waals surface area contributed by atoms with Crippen LogP contribution in [0.1, 0.15) is 25.8 Å². The number of ether oxygens (including phenoxy) is 1. The Balaban J connectivity index is 3.03. The lowest BCUT2D eigenvalue weighted by atomic mass is 9.97. The van der Waals surface area contributed by atoms with Gasteiger partial charge in [0.2, 0.25) is 0 Å². The summed E-state index contributed by atoms with van der Waals surface area (Å²) in [5, 5.41) is 23.2. The van der Waals surface area contributed by atoms with Gasteiger partial charge in [-0.1, -0.05) is 15.9 Å². The first-order chi connectivity index (χ1) is 9.72. The van der Waals surface area contributed by atoms with E-state index >= 15 is 0 Å². The van der Waals surface area contributed by atoms with Crippen molar-refractivity contribution in [2.75, 3.05) is 7.05 Å². The number of benzene rings is 1. The topological polar surface area (TPSA) is 88.2 Å². The molecule has 0 aliphatic heterocycles. The van der Waals surface area contributed by atoms with Crippen LogP contribution in [0, 0.1) is 28.4 Å². The Morgan fingerprint density at radius 1 is 1.62 bits per heavy atom. The van der Waals surface area contributed by atoms with Gasteiger partial charge in [0.05, 0.1) is 17.1 Å². The van der Waals surface area contributed by atoms with Crippen molar-refractivity contribution in [2.45, 2.75) is 38.8 Å².